The predicted octanol–water partition coefficient (Wildman–Crippen LogP) is 8.57. The van der Waals surface area contributed by atoms with Crippen LogP contribution in [0.15, 0.2) is 18.3 Å². The summed E-state index contributed by atoms with van der Waals surface area (Å²) in [5.74, 6) is 2.78. The first-order valence-corrected chi connectivity index (χ1v) is 9.03. The molecule has 1 aromatic rings. The van der Waals surface area contributed by atoms with E-state index in [1.807, 2.05) is 20.0 Å². The molecule has 0 aromatic carbocycles. The topological polar surface area (TPSA) is 12.9 Å². The maximum atomic E-state index is 4.40. The summed E-state index contributed by atoms with van der Waals surface area (Å²) >= 11 is 0. The molecule has 0 unspecified atom stereocenters. The minimum Gasteiger partial charge on any atom is -0.261 e. The van der Waals surface area contributed by atoms with Gasteiger partial charge in [0.05, 0.1) is 0 Å². The van der Waals surface area contributed by atoms with Gasteiger partial charge >= 0.3 is 0 Å². The van der Waals surface area contributed by atoms with Gasteiger partial charge in [-0.25, -0.2) is 0 Å². The zero-order chi connectivity index (χ0) is 18.3. The van der Waals surface area contributed by atoms with Gasteiger partial charge in [0, 0.05) is 20.3 Å². The fourth-order valence-corrected chi connectivity index (χ4v) is 1.10. The minimum atomic E-state index is 0. The summed E-state index contributed by atoms with van der Waals surface area (Å²) in [4.78, 5) is 4.40. The molecule has 0 spiro atoms. The van der Waals surface area contributed by atoms with Crippen molar-refractivity contribution in [3.8, 4) is 0 Å². The summed E-state index contributed by atoms with van der Waals surface area (Å²) in [6.45, 7) is 25.7. The Balaban J connectivity index is -0.0000000595. The van der Waals surface area contributed by atoms with Gasteiger partial charge < -0.3 is 0 Å². The van der Waals surface area contributed by atoms with E-state index in [-0.39, 0.29) is 23.3 Å². The third-order valence-electron chi connectivity index (χ3n) is 2.07. The number of nitrogens with zero attached hydrogens (tertiary/aromatic N) is 1. The fourth-order valence-electron chi connectivity index (χ4n) is 1.10. The maximum absolute atomic E-state index is 4.40. The molecule has 25 heavy (non-hydrogen) atoms. The van der Waals surface area contributed by atoms with Gasteiger partial charge in [-0.05, 0) is 35.3 Å². The molecule has 0 aliphatic carbocycles. The molecule has 0 N–H and O–H groups in total. The molecular weight excluding hydrogens is 301 g/mol. The SMILES string of the molecule is C.C.CC.CC(C)C.CC(C)C.CC(C)c1ccc(C(C)C)nc1.[B]. The fraction of sp³-hybridized carbons (Fsp3) is 0.783. The molecule has 0 saturated heterocycles. The van der Waals surface area contributed by atoms with Gasteiger partial charge in [0.2, 0.25) is 0 Å². The van der Waals surface area contributed by atoms with Crippen molar-refractivity contribution in [1.29, 1.82) is 0 Å². The first kappa shape index (κ1) is 39.3. The monoisotopic (exact) mass is 352 g/mol. The van der Waals surface area contributed by atoms with Crippen LogP contribution < -0.4 is 0 Å². The Hall–Kier alpha value is -0.785. The Labute approximate surface area is 165 Å². The number of hydrogen-bond acceptors (Lipinski definition) is 1. The Morgan fingerprint density at radius 3 is 1.12 bits per heavy atom. The molecule has 1 heterocycles. The molecule has 1 aromatic heterocycles. The van der Waals surface area contributed by atoms with Crippen molar-refractivity contribution in [1.82, 2.24) is 4.98 Å². The highest BCUT2D eigenvalue weighted by Crippen LogP contribution is 2.16. The molecule has 1 nitrogen and oxygen atoms in total. The van der Waals surface area contributed by atoms with Crippen LogP contribution in [-0.2, 0) is 0 Å². The Morgan fingerprint density at radius 1 is 0.640 bits per heavy atom. The van der Waals surface area contributed by atoms with Crippen molar-refractivity contribution in [2.24, 2.45) is 11.8 Å². The average Bonchev–Trinajstić information content (AvgIpc) is 2.39. The van der Waals surface area contributed by atoms with Crippen molar-refractivity contribution in [2.45, 2.75) is 110 Å². The highest BCUT2D eigenvalue weighted by molar-refractivity contribution is 5.75. The maximum Gasteiger partial charge on any atom is 0.0429 e. The Morgan fingerprint density at radius 2 is 0.960 bits per heavy atom. The van der Waals surface area contributed by atoms with Crippen LogP contribution in [-0.4, -0.2) is 13.4 Å². The van der Waals surface area contributed by atoms with E-state index in [9.17, 15) is 0 Å². The van der Waals surface area contributed by atoms with Crippen LogP contribution in [0.4, 0.5) is 0 Å². The van der Waals surface area contributed by atoms with Crippen LogP contribution in [0.5, 0.6) is 0 Å². The van der Waals surface area contributed by atoms with E-state index in [4.69, 9.17) is 0 Å². The highest BCUT2D eigenvalue weighted by atomic mass is 14.7. The smallest absolute Gasteiger partial charge is 0.0429 e. The largest absolute Gasteiger partial charge is 0.261 e. The lowest BCUT2D eigenvalue weighted by Gasteiger charge is -2.07. The number of hydrogen-bond donors (Lipinski definition) is 0. The lowest BCUT2D eigenvalue weighted by Crippen LogP contribution is -1.94. The zero-order valence-electron chi connectivity index (χ0n) is 18.1. The quantitative estimate of drug-likeness (QED) is 0.486. The van der Waals surface area contributed by atoms with Crippen LogP contribution in [0.2, 0.25) is 0 Å². The van der Waals surface area contributed by atoms with E-state index in [2.05, 4.69) is 86.4 Å². The normalized spacial score (nSPS) is 8.48. The second kappa shape index (κ2) is 25.5. The summed E-state index contributed by atoms with van der Waals surface area (Å²) in [5.41, 5.74) is 2.50. The van der Waals surface area contributed by atoms with E-state index >= 15 is 0 Å². The highest BCUT2D eigenvalue weighted by Gasteiger charge is 2.02. The average molecular weight is 352 g/mol. The van der Waals surface area contributed by atoms with Gasteiger partial charge in [-0.2, -0.15) is 0 Å². The van der Waals surface area contributed by atoms with Crippen LogP contribution in [0.3, 0.4) is 0 Å². The van der Waals surface area contributed by atoms with E-state index in [1.165, 1.54) is 11.3 Å². The molecule has 0 fully saturated rings. The molecule has 151 valence electrons. The van der Waals surface area contributed by atoms with Gasteiger partial charge in [0.25, 0.3) is 0 Å². The van der Waals surface area contributed by atoms with E-state index in [0.29, 0.717) is 11.8 Å². The van der Waals surface area contributed by atoms with Crippen molar-refractivity contribution < 1.29 is 0 Å². The molecule has 0 amide bonds. The van der Waals surface area contributed by atoms with Gasteiger partial charge in [-0.3, -0.25) is 4.98 Å². The molecule has 0 aliphatic heterocycles. The summed E-state index contributed by atoms with van der Waals surface area (Å²) in [5, 5.41) is 0. The second-order valence-electron chi connectivity index (χ2n) is 7.29. The van der Waals surface area contributed by atoms with Crippen LogP contribution in [0.25, 0.3) is 0 Å². The predicted molar refractivity (Wildman–Crippen MR) is 124 cm³/mol. The molecule has 2 heteroatoms. The van der Waals surface area contributed by atoms with Crippen LogP contribution in [0, 0.1) is 11.8 Å². The molecule has 3 radical (unpaired) electrons. The number of rotatable bonds is 2. The standard InChI is InChI=1S/C11H17N.2C4H10.C2H6.2CH4.B/c1-8(2)10-5-6-11(9(3)4)12-7-10;2*1-4(2)3;1-2;;;/h5-9H,1-4H3;2*4H,1-3H3;1-2H3;2*1H4;. The van der Waals surface area contributed by atoms with Gasteiger partial charge in [0.15, 0.2) is 0 Å². The Kier molecular flexibility index (Phi) is 40.0. The van der Waals surface area contributed by atoms with E-state index < -0.39 is 0 Å². The first-order chi connectivity index (χ1) is 10.1. The lowest BCUT2D eigenvalue weighted by atomic mass is 10.0. The number of pyridine rings is 1. The Bertz CT molecular complexity index is 275. The van der Waals surface area contributed by atoms with Gasteiger partial charge in [-0.15, -0.1) is 0 Å². The number of aromatic nitrogens is 1. The van der Waals surface area contributed by atoms with Crippen molar-refractivity contribution in [2.75, 3.05) is 0 Å². The van der Waals surface area contributed by atoms with Crippen LogP contribution in [0.1, 0.15) is 121 Å². The van der Waals surface area contributed by atoms with E-state index in [0.717, 1.165) is 11.8 Å². The molecule has 0 bridgehead atoms. The first-order valence-electron chi connectivity index (χ1n) is 9.03. The van der Waals surface area contributed by atoms with Gasteiger partial charge in [0.1, 0.15) is 0 Å². The lowest BCUT2D eigenvalue weighted by molar-refractivity contribution is 0.736. The zero-order valence-corrected chi connectivity index (χ0v) is 18.1. The third kappa shape index (κ3) is 35.3. The van der Waals surface area contributed by atoms with Crippen molar-refractivity contribution in [3.05, 3.63) is 29.6 Å². The summed E-state index contributed by atoms with van der Waals surface area (Å²) in [6, 6.07) is 4.30. The third-order valence-corrected chi connectivity index (χ3v) is 2.07. The van der Waals surface area contributed by atoms with Crippen LogP contribution >= 0.6 is 0 Å². The summed E-state index contributed by atoms with van der Waals surface area (Å²) in [7, 11) is 0. The molecule has 0 atom stereocenters. The second-order valence-corrected chi connectivity index (χ2v) is 7.29. The molecule has 0 aliphatic rings. The molecule has 0 saturated carbocycles. The minimum absolute atomic E-state index is 0. The van der Waals surface area contributed by atoms with Crippen molar-refractivity contribution in [3.63, 3.8) is 0 Å². The summed E-state index contributed by atoms with van der Waals surface area (Å²) in [6.07, 6.45) is 1.99. The van der Waals surface area contributed by atoms with Crippen molar-refractivity contribution >= 4 is 8.41 Å². The molecule has 1 rings (SSSR count). The summed E-state index contributed by atoms with van der Waals surface area (Å²) < 4.78 is 0. The molecular formula is C23H51BN. The van der Waals surface area contributed by atoms with E-state index in [1.54, 1.807) is 0 Å². The van der Waals surface area contributed by atoms with Gasteiger partial charge in [-0.1, -0.05) is 104 Å².